The Balaban J connectivity index is 1.53. The van der Waals surface area contributed by atoms with Crippen molar-refractivity contribution >= 4 is 12.0 Å². The van der Waals surface area contributed by atoms with Gasteiger partial charge in [-0.3, -0.25) is 4.79 Å². The standard InChI is InChI=1S/C36H32F5NO4/c1-22(2)12-33(34(43)42-31(21-46-35(42)44)15-23-6-4-3-5-7-23)27-16-26(25-8-10-28(11-9-25)36(39,40)41)17-32(18-27)45-20-24-13-29(37)19-30(38)14-24/h3-11,13-14,16-19,22,31,33H,12,15,20-21H2,1-2H3/t31-,33-/m0/s1. The molecule has 0 aromatic heterocycles. The highest BCUT2D eigenvalue weighted by atomic mass is 19.4. The van der Waals surface area contributed by atoms with Crippen LogP contribution in [0.3, 0.4) is 0 Å². The van der Waals surface area contributed by atoms with E-state index in [1.807, 2.05) is 44.2 Å². The summed E-state index contributed by atoms with van der Waals surface area (Å²) in [5.74, 6) is -2.63. The zero-order chi connectivity index (χ0) is 33.0. The maximum absolute atomic E-state index is 14.2. The second-order valence-electron chi connectivity index (χ2n) is 11.7. The Labute approximate surface area is 263 Å². The van der Waals surface area contributed by atoms with Crippen LogP contribution in [0.4, 0.5) is 26.7 Å². The van der Waals surface area contributed by atoms with Gasteiger partial charge in [0.1, 0.15) is 30.6 Å². The number of nitrogens with zero attached hydrogens (tertiary/aromatic N) is 1. The lowest BCUT2D eigenvalue weighted by Crippen LogP contribution is -2.43. The van der Waals surface area contributed by atoms with Crippen molar-refractivity contribution in [3.63, 3.8) is 0 Å². The number of hydrogen-bond acceptors (Lipinski definition) is 4. The highest BCUT2D eigenvalue weighted by molar-refractivity contribution is 5.97. The van der Waals surface area contributed by atoms with Crippen molar-refractivity contribution < 1.29 is 41.0 Å². The van der Waals surface area contributed by atoms with Crippen molar-refractivity contribution in [1.29, 1.82) is 0 Å². The first kappa shape index (κ1) is 32.7. The number of hydrogen-bond donors (Lipinski definition) is 0. The molecule has 1 saturated heterocycles. The topological polar surface area (TPSA) is 55.8 Å². The van der Waals surface area contributed by atoms with Crippen LogP contribution in [0.15, 0.2) is 91.0 Å². The number of carbonyl (C=O) groups is 2. The third kappa shape index (κ3) is 7.91. The molecule has 4 aromatic carbocycles. The summed E-state index contributed by atoms with van der Waals surface area (Å²) in [7, 11) is 0. The van der Waals surface area contributed by atoms with Crippen LogP contribution >= 0.6 is 0 Å². The molecule has 5 nitrogen and oxygen atoms in total. The van der Waals surface area contributed by atoms with Crippen molar-refractivity contribution in [1.82, 2.24) is 4.90 Å². The van der Waals surface area contributed by atoms with Crippen LogP contribution in [0.1, 0.15) is 48.4 Å². The Hall–Kier alpha value is -4.73. The summed E-state index contributed by atoms with van der Waals surface area (Å²) in [6.07, 6.45) is -4.53. The normalized spacial score (nSPS) is 15.6. The van der Waals surface area contributed by atoms with Gasteiger partial charge in [0.15, 0.2) is 0 Å². The minimum atomic E-state index is -4.52. The van der Waals surface area contributed by atoms with Gasteiger partial charge in [-0.2, -0.15) is 13.2 Å². The zero-order valence-corrected chi connectivity index (χ0v) is 25.2. The van der Waals surface area contributed by atoms with E-state index in [1.54, 1.807) is 18.2 Å². The van der Waals surface area contributed by atoms with E-state index in [1.165, 1.54) is 12.1 Å². The predicted molar refractivity (Wildman–Crippen MR) is 162 cm³/mol. The van der Waals surface area contributed by atoms with Gasteiger partial charge in [0, 0.05) is 6.07 Å². The predicted octanol–water partition coefficient (Wildman–Crippen LogP) is 8.95. The minimum Gasteiger partial charge on any atom is -0.489 e. The Morgan fingerprint density at radius 3 is 2.20 bits per heavy atom. The van der Waals surface area contributed by atoms with E-state index in [9.17, 15) is 31.5 Å². The van der Waals surface area contributed by atoms with Crippen LogP contribution < -0.4 is 4.74 Å². The van der Waals surface area contributed by atoms with Gasteiger partial charge < -0.3 is 9.47 Å². The molecule has 0 radical (unpaired) electrons. The first-order chi connectivity index (χ1) is 21.9. The van der Waals surface area contributed by atoms with Gasteiger partial charge in [-0.05, 0) is 83.0 Å². The number of benzene rings is 4. The van der Waals surface area contributed by atoms with E-state index in [0.717, 1.165) is 40.8 Å². The smallest absolute Gasteiger partial charge is 0.417 e. The molecule has 0 N–H and O–H groups in total. The van der Waals surface area contributed by atoms with Crippen LogP contribution in [0.25, 0.3) is 11.1 Å². The van der Waals surface area contributed by atoms with E-state index in [2.05, 4.69) is 0 Å². The molecule has 0 aliphatic carbocycles. The fourth-order valence-electron chi connectivity index (χ4n) is 5.57. The van der Waals surface area contributed by atoms with E-state index in [0.29, 0.717) is 29.5 Å². The summed E-state index contributed by atoms with van der Waals surface area (Å²) >= 11 is 0. The Morgan fingerprint density at radius 1 is 0.891 bits per heavy atom. The number of alkyl halides is 3. The summed E-state index contributed by atoms with van der Waals surface area (Å²) < 4.78 is 78.7. The molecule has 0 saturated carbocycles. The lowest BCUT2D eigenvalue weighted by molar-refractivity contribution is -0.137. The van der Waals surface area contributed by atoms with Crippen LogP contribution in [0.2, 0.25) is 0 Å². The van der Waals surface area contributed by atoms with Crippen LogP contribution in [-0.4, -0.2) is 29.5 Å². The summed E-state index contributed by atoms with van der Waals surface area (Å²) in [6.45, 7) is 3.68. The van der Waals surface area contributed by atoms with Crippen LogP contribution in [0, 0.1) is 17.6 Å². The molecule has 1 heterocycles. The largest absolute Gasteiger partial charge is 0.489 e. The molecule has 0 bridgehead atoms. The van der Waals surface area contributed by atoms with Gasteiger partial charge in [-0.15, -0.1) is 0 Å². The van der Waals surface area contributed by atoms with E-state index >= 15 is 0 Å². The van der Waals surface area contributed by atoms with Crippen molar-refractivity contribution in [2.45, 2.75) is 51.4 Å². The van der Waals surface area contributed by atoms with Gasteiger partial charge in [0.05, 0.1) is 17.5 Å². The molecule has 1 aliphatic heterocycles. The molecule has 0 unspecified atom stereocenters. The number of halogens is 5. The molecule has 2 amide bonds. The summed E-state index contributed by atoms with van der Waals surface area (Å²) in [6, 6.07) is 21.3. The van der Waals surface area contributed by atoms with Crippen LogP contribution in [-0.2, 0) is 28.7 Å². The first-order valence-electron chi connectivity index (χ1n) is 14.8. The van der Waals surface area contributed by atoms with Gasteiger partial charge in [0.25, 0.3) is 0 Å². The number of cyclic esters (lactones) is 1. The van der Waals surface area contributed by atoms with Crippen molar-refractivity contribution in [2.75, 3.05) is 6.61 Å². The second-order valence-corrected chi connectivity index (χ2v) is 11.7. The third-order valence-corrected chi connectivity index (χ3v) is 7.72. The lowest BCUT2D eigenvalue weighted by atomic mass is 9.86. The van der Waals surface area contributed by atoms with Crippen molar-refractivity contribution in [2.24, 2.45) is 5.92 Å². The number of amides is 2. The Morgan fingerprint density at radius 2 is 1.57 bits per heavy atom. The maximum atomic E-state index is 14.2. The highest BCUT2D eigenvalue weighted by Gasteiger charge is 2.41. The molecule has 1 fully saturated rings. The summed E-state index contributed by atoms with van der Waals surface area (Å²) in [5, 5.41) is 0. The number of rotatable bonds is 10. The summed E-state index contributed by atoms with van der Waals surface area (Å²) in [5.41, 5.74) is 1.68. The molecule has 1 aliphatic rings. The molecule has 240 valence electrons. The monoisotopic (exact) mass is 637 g/mol. The second kappa shape index (κ2) is 13.7. The first-order valence-corrected chi connectivity index (χ1v) is 14.8. The minimum absolute atomic E-state index is 0.00881. The number of carbonyl (C=O) groups excluding carboxylic acids is 2. The molecule has 10 heteroatoms. The molecule has 0 spiro atoms. The lowest BCUT2D eigenvalue weighted by Gasteiger charge is -2.27. The average Bonchev–Trinajstić information content (AvgIpc) is 3.37. The van der Waals surface area contributed by atoms with E-state index < -0.39 is 47.3 Å². The fourth-order valence-corrected chi connectivity index (χ4v) is 5.57. The summed E-state index contributed by atoms with van der Waals surface area (Å²) in [4.78, 5) is 28.3. The highest BCUT2D eigenvalue weighted by Crippen LogP contribution is 2.37. The van der Waals surface area contributed by atoms with Crippen LogP contribution in [0.5, 0.6) is 5.75 Å². The quantitative estimate of drug-likeness (QED) is 0.163. The maximum Gasteiger partial charge on any atom is 0.417 e. The Kier molecular flexibility index (Phi) is 9.74. The van der Waals surface area contributed by atoms with Crippen molar-refractivity contribution in [3.8, 4) is 16.9 Å². The molecular weight excluding hydrogens is 605 g/mol. The van der Waals surface area contributed by atoms with Gasteiger partial charge in [-0.1, -0.05) is 62.4 Å². The molecular formula is C36H32F5NO4. The fraction of sp³-hybridized carbons (Fsp3) is 0.278. The van der Waals surface area contributed by atoms with E-state index in [4.69, 9.17) is 9.47 Å². The third-order valence-electron chi connectivity index (χ3n) is 7.72. The zero-order valence-electron chi connectivity index (χ0n) is 25.2. The van der Waals surface area contributed by atoms with E-state index in [-0.39, 0.29) is 30.4 Å². The van der Waals surface area contributed by atoms with Gasteiger partial charge in [-0.25, -0.2) is 18.5 Å². The Bertz CT molecular complexity index is 1670. The molecule has 5 rings (SSSR count). The SMILES string of the molecule is CC(C)C[C@H](C(=O)N1C(=O)OC[C@@H]1Cc1ccccc1)c1cc(OCc2cc(F)cc(F)c2)cc(-c2ccc(C(F)(F)F)cc2)c1. The van der Waals surface area contributed by atoms with Gasteiger partial charge >= 0.3 is 12.3 Å². The average molecular weight is 638 g/mol. The van der Waals surface area contributed by atoms with Gasteiger partial charge in [0.2, 0.25) is 5.91 Å². The molecule has 4 aromatic rings. The number of ether oxygens (including phenoxy) is 2. The van der Waals surface area contributed by atoms with Crippen molar-refractivity contribution in [3.05, 3.63) is 125 Å². The number of imide groups is 1. The molecule has 46 heavy (non-hydrogen) atoms. The molecule has 2 atom stereocenters.